The predicted molar refractivity (Wildman–Crippen MR) is 65.0 cm³/mol. The zero-order chi connectivity index (χ0) is 11.0. The van der Waals surface area contributed by atoms with Gasteiger partial charge in [-0.2, -0.15) is 0 Å². The Kier molecular flexibility index (Phi) is 6.26. The lowest BCUT2D eigenvalue weighted by Crippen LogP contribution is -2.42. The van der Waals surface area contributed by atoms with Crippen LogP contribution in [0.25, 0.3) is 0 Å². The molecule has 0 aromatic rings. The van der Waals surface area contributed by atoms with E-state index in [1.165, 1.54) is 51.4 Å². The minimum absolute atomic E-state index is 0.324. The number of nitrogens with one attached hydrogen (secondary N) is 1. The van der Waals surface area contributed by atoms with Crippen molar-refractivity contribution in [1.29, 1.82) is 0 Å². The van der Waals surface area contributed by atoms with Gasteiger partial charge in [0.1, 0.15) is 0 Å². The molecule has 0 atom stereocenters. The highest BCUT2D eigenvalue weighted by molar-refractivity contribution is 4.90. The normalized spacial score (nSPS) is 19.6. The maximum absolute atomic E-state index is 5.51. The van der Waals surface area contributed by atoms with Crippen molar-refractivity contribution in [2.75, 3.05) is 13.3 Å². The molecule has 1 heterocycles. The Morgan fingerprint density at radius 2 is 1.60 bits per heavy atom. The fourth-order valence-corrected chi connectivity index (χ4v) is 2.37. The summed E-state index contributed by atoms with van der Waals surface area (Å²) in [5.74, 6) is 0. The van der Waals surface area contributed by atoms with Crippen molar-refractivity contribution in [3.63, 3.8) is 0 Å². The van der Waals surface area contributed by atoms with Crippen molar-refractivity contribution in [2.45, 2.75) is 70.8 Å². The van der Waals surface area contributed by atoms with Crippen molar-refractivity contribution < 1.29 is 4.74 Å². The van der Waals surface area contributed by atoms with E-state index in [4.69, 9.17) is 4.74 Å². The number of hydrogen-bond acceptors (Lipinski definition) is 2. The Morgan fingerprint density at radius 1 is 1.00 bits per heavy atom. The lowest BCUT2D eigenvalue weighted by atomic mass is 9.88. The first-order valence-corrected chi connectivity index (χ1v) is 6.66. The molecule has 0 aromatic carbocycles. The van der Waals surface area contributed by atoms with E-state index in [1.807, 2.05) is 0 Å². The first kappa shape index (κ1) is 13.0. The summed E-state index contributed by atoms with van der Waals surface area (Å²) in [6.45, 7) is 6.23. The largest absolute Gasteiger partial charge is 0.364 e. The second-order valence-electron chi connectivity index (χ2n) is 4.86. The molecule has 0 aromatic heterocycles. The summed E-state index contributed by atoms with van der Waals surface area (Å²) in [4.78, 5) is 0. The minimum Gasteiger partial charge on any atom is -0.364 e. The summed E-state index contributed by atoms with van der Waals surface area (Å²) in [5, 5.41) is 3.57. The zero-order valence-corrected chi connectivity index (χ0v) is 10.5. The highest BCUT2D eigenvalue weighted by Gasteiger charge is 2.32. The van der Waals surface area contributed by atoms with Crippen molar-refractivity contribution >= 4 is 0 Å². The van der Waals surface area contributed by atoms with Gasteiger partial charge in [-0.1, -0.05) is 52.4 Å². The molecule has 0 saturated carbocycles. The van der Waals surface area contributed by atoms with Crippen LogP contribution in [-0.4, -0.2) is 18.9 Å². The quantitative estimate of drug-likeness (QED) is 0.623. The van der Waals surface area contributed by atoms with Gasteiger partial charge in [-0.05, 0) is 12.8 Å². The molecule has 0 spiro atoms. The number of unbranched alkanes of at least 4 members (excludes halogenated alkanes) is 4. The minimum atomic E-state index is 0.324. The standard InChI is InChI=1S/C13H27NO/c1-3-5-7-9-13(10-8-6-4-2)11-15-12-14-13/h14H,3-12H2,1-2H3. The van der Waals surface area contributed by atoms with Gasteiger partial charge in [0.25, 0.3) is 0 Å². The van der Waals surface area contributed by atoms with E-state index in [1.54, 1.807) is 0 Å². The van der Waals surface area contributed by atoms with Gasteiger partial charge >= 0.3 is 0 Å². The molecule has 1 N–H and O–H groups in total. The van der Waals surface area contributed by atoms with Crippen LogP contribution in [-0.2, 0) is 4.74 Å². The highest BCUT2D eigenvalue weighted by Crippen LogP contribution is 2.25. The Bertz CT molecular complexity index is 141. The predicted octanol–water partition coefficient (Wildman–Crippen LogP) is 3.46. The molecule has 1 fully saturated rings. The van der Waals surface area contributed by atoms with Gasteiger partial charge in [0.2, 0.25) is 0 Å². The van der Waals surface area contributed by atoms with E-state index in [0.717, 1.165) is 13.3 Å². The van der Waals surface area contributed by atoms with Gasteiger partial charge in [-0.15, -0.1) is 0 Å². The zero-order valence-electron chi connectivity index (χ0n) is 10.5. The third-order valence-electron chi connectivity index (χ3n) is 3.45. The smallest absolute Gasteiger partial charge is 0.0971 e. The second kappa shape index (κ2) is 7.24. The molecule has 15 heavy (non-hydrogen) atoms. The number of rotatable bonds is 8. The van der Waals surface area contributed by atoms with Crippen LogP contribution in [0.2, 0.25) is 0 Å². The molecular weight excluding hydrogens is 186 g/mol. The average molecular weight is 213 g/mol. The van der Waals surface area contributed by atoms with Gasteiger partial charge in [-0.25, -0.2) is 0 Å². The molecule has 2 heteroatoms. The monoisotopic (exact) mass is 213 g/mol. The maximum atomic E-state index is 5.51. The fraction of sp³-hybridized carbons (Fsp3) is 1.00. The van der Waals surface area contributed by atoms with Crippen LogP contribution in [0.1, 0.15) is 65.2 Å². The summed E-state index contributed by atoms with van der Waals surface area (Å²) in [7, 11) is 0. The molecular formula is C13H27NO. The van der Waals surface area contributed by atoms with Crippen LogP contribution in [0.5, 0.6) is 0 Å². The Labute approximate surface area is 94.8 Å². The average Bonchev–Trinajstić information content (AvgIpc) is 2.68. The third kappa shape index (κ3) is 4.52. The fourth-order valence-electron chi connectivity index (χ4n) is 2.37. The SMILES string of the molecule is CCCCCC1(CCCCC)COCN1. The van der Waals surface area contributed by atoms with Crippen LogP contribution in [0, 0.1) is 0 Å². The molecule has 0 radical (unpaired) electrons. The van der Waals surface area contributed by atoms with E-state index in [9.17, 15) is 0 Å². The lowest BCUT2D eigenvalue weighted by molar-refractivity contribution is 0.169. The molecule has 2 nitrogen and oxygen atoms in total. The van der Waals surface area contributed by atoms with Crippen LogP contribution in [0.4, 0.5) is 0 Å². The molecule has 90 valence electrons. The Balaban J connectivity index is 2.26. The van der Waals surface area contributed by atoms with Gasteiger partial charge in [0, 0.05) is 5.54 Å². The summed E-state index contributed by atoms with van der Waals surface area (Å²) >= 11 is 0. The van der Waals surface area contributed by atoms with Crippen molar-refractivity contribution in [2.24, 2.45) is 0 Å². The molecule has 0 aliphatic carbocycles. The maximum Gasteiger partial charge on any atom is 0.0971 e. The van der Waals surface area contributed by atoms with E-state index in [-0.39, 0.29) is 0 Å². The highest BCUT2D eigenvalue weighted by atomic mass is 16.5. The van der Waals surface area contributed by atoms with Gasteiger partial charge in [0.05, 0.1) is 13.3 Å². The summed E-state index contributed by atoms with van der Waals surface area (Å²) in [6.07, 6.45) is 10.6. The molecule has 0 unspecified atom stereocenters. The van der Waals surface area contributed by atoms with E-state index >= 15 is 0 Å². The Hall–Kier alpha value is -0.0800. The van der Waals surface area contributed by atoms with Crippen molar-refractivity contribution in [3.8, 4) is 0 Å². The summed E-state index contributed by atoms with van der Waals surface area (Å²) < 4.78 is 5.51. The van der Waals surface area contributed by atoms with Crippen LogP contribution < -0.4 is 5.32 Å². The van der Waals surface area contributed by atoms with Gasteiger partial charge in [0.15, 0.2) is 0 Å². The van der Waals surface area contributed by atoms with E-state index in [2.05, 4.69) is 19.2 Å². The lowest BCUT2D eigenvalue weighted by Gasteiger charge is -2.28. The number of ether oxygens (including phenoxy) is 1. The van der Waals surface area contributed by atoms with Gasteiger partial charge in [-0.3, -0.25) is 5.32 Å². The molecule has 1 saturated heterocycles. The summed E-state index contributed by atoms with van der Waals surface area (Å²) in [6, 6.07) is 0. The Morgan fingerprint density at radius 3 is 2.00 bits per heavy atom. The molecule has 1 rings (SSSR count). The van der Waals surface area contributed by atoms with Gasteiger partial charge < -0.3 is 4.74 Å². The van der Waals surface area contributed by atoms with Crippen LogP contribution in [0.15, 0.2) is 0 Å². The van der Waals surface area contributed by atoms with Crippen LogP contribution in [0.3, 0.4) is 0 Å². The van der Waals surface area contributed by atoms with Crippen LogP contribution >= 0.6 is 0 Å². The summed E-state index contributed by atoms with van der Waals surface area (Å²) in [5.41, 5.74) is 0.324. The first-order chi connectivity index (χ1) is 7.33. The first-order valence-electron chi connectivity index (χ1n) is 6.66. The molecule has 0 amide bonds. The van der Waals surface area contributed by atoms with Crippen molar-refractivity contribution in [1.82, 2.24) is 5.32 Å². The van der Waals surface area contributed by atoms with Crippen molar-refractivity contribution in [3.05, 3.63) is 0 Å². The number of hydrogen-bond donors (Lipinski definition) is 1. The third-order valence-corrected chi connectivity index (χ3v) is 3.45. The van der Waals surface area contributed by atoms with E-state index in [0.29, 0.717) is 5.54 Å². The second-order valence-corrected chi connectivity index (χ2v) is 4.86. The molecule has 1 aliphatic rings. The molecule has 1 aliphatic heterocycles. The topological polar surface area (TPSA) is 21.3 Å². The van der Waals surface area contributed by atoms with E-state index < -0.39 is 0 Å². The molecule has 0 bridgehead atoms.